The number of hydrogen-bond donors (Lipinski definition) is 5. The lowest BCUT2D eigenvalue weighted by atomic mass is 9.89. The van der Waals surface area contributed by atoms with E-state index >= 15 is 0 Å². The molecule has 45 heavy (non-hydrogen) atoms. The van der Waals surface area contributed by atoms with Gasteiger partial charge in [0.15, 0.2) is 0 Å². The highest BCUT2D eigenvalue weighted by atomic mass is 16.7. The molecule has 5 rings (SSSR count). The van der Waals surface area contributed by atoms with Gasteiger partial charge in [-0.3, -0.25) is 0 Å². The maximum Gasteiger partial charge on any atom is 0.336 e. The van der Waals surface area contributed by atoms with Crippen LogP contribution in [-0.4, -0.2) is 51.7 Å². The van der Waals surface area contributed by atoms with Crippen molar-refractivity contribution in [2.75, 3.05) is 25.0 Å². The van der Waals surface area contributed by atoms with Crippen molar-refractivity contribution in [3.8, 4) is 40.0 Å². The number of rotatable bonds is 11. The third-order valence-corrected chi connectivity index (χ3v) is 7.42. The van der Waals surface area contributed by atoms with Gasteiger partial charge in [-0.05, 0) is 75.6 Å². The SMILES string of the molecule is CCNc1cc2oc3cc(=[NH+]CC)c(C)cc-3c(-c3ccc(OCCCC(=O)On4c(O)ccc4O)cc3C(=O)O)c2cc1C. The Morgan fingerprint density at radius 3 is 2.40 bits per heavy atom. The molecule has 0 fully saturated rings. The molecule has 1 aliphatic carbocycles. The summed E-state index contributed by atoms with van der Waals surface area (Å²) in [5.74, 6) is -1.67. The van der Waals surface area contributed by atoms with Gasteiger partial charge in [-0.15, -0.1) is 4.73 Å². The number of fused-ring (bicyclic) bond motifs is 2. The predicted molar refractivity (Wildman–Crippen MR) is 168 cm³/mol. The van der Waals surface area contributed by atoms with Gasteiger partial charge in [0.2, 0.25) is 17.1 Å². The number of aromatic nitrogens is 1. The molecule has 234 valence electrons. The number of carbonyl (C=O) groups excluding carboxylic acids is 1. The summed E-state index contributed by atoms with van der Waals surface area (Å²) in [6, 6.07) is 15.2. The predicted octanol–water partition coefficient (Wildman–Crippen LogP) is 3.98. The van der Waals surface area contributed by atoms with Crippen LogP contribution in [0.25, 0.3) is 33.4 Å². The van der Waals surface area contributed by atoms with Crippen LogP contribution < -0.4 is 25.2 Å². The second-order valence-electron chi connectivity index (χ2n) is 10.6. The molecule has 2 heterocycles. The zero-order chi connectivity index (χ0) is 32.2. The van der Waals surface area contributed by atoms with Crippen LogP contribution in [0.5, 0.6) is 17.5 Å². The third kappa shape index (κ3) is 6.42. The van der Waals surface area contributed by atoms with Gasteiger partial charge in [0.1, 0.15) is 23.6 Å². The van der Waals surface area contributed by atoms with Crippen molar-refractivity contribution >= 4 is 28.6 Å². The van der Waals surface area contributed by atoms with E-state index in [0.717, 1.165) is 51.8 Å². The summed E-state index contributed by atoms with van der Waals surface area (Å²) >= 11 is 0. The van der Waals surface area contributed by atoms with Crippen molar-refractivity contribution in [2.45, 2.75) is 40.5 Å². The standard InChI is InChI=1S/C34H35N3O8/c1-5-35-26-17-28-24(14-19(26)3)33(25-15-20(4)27(36-6-2)18-29(25)44-28)22-10-9-21(16-23(22)34(41)42)43-13-7-8-32(40)45-37-30(38)11-12-31(37)39/h9-12,14-18,35,38-39H,5-8,13H2,1-4H3,(H,41,42)/p+1. The molecule has 5 N–H and O–H groups in total. The van der Waals surface area contributed by atoms with E-state index in [1.165, 1.54) is 18.2 Å². The molecule has 0 radical (unpaired) electrons. The number of carboxylic acid groups (broad SMARTS) is 1. The van der Waals surface area contributed by atoms with E-state index in [9.17, 15) is 24.9 Å². The van der Waals surface area contributed by atoms with E-state index in [1.807, 2.05) is 52.0 Å². The summed E-state index contributed by atoms with van der Waals surface area (Å²) in [4.78, 5) is 33.1. The molecular formula is C34H36N3O8+. The summed E-state index contributed by atoms with van der Waals surface area (Å²) in [6.45, 7) is 9.62. The average Bonchev–Trinajstić information content (AvgIpc) is 3.32. The number of benzene rings is 3. The summed E-state index contributed by atoms with van der Waals surface area (Å²) in [5, 5.41) is 34.7. The first kappa shape index (κ1) is 31.0. The summed E-state index contributed by atoms with van der Waals surface area (Å²) in [5.41, 5.74) is 5.65. The monoisotopic (exact) mass is 614 g/mol. The van der Waals surface area contributed by atoms with E-state index in [0.29, 0.717) is 27.4 Å². The Kier molecular flexibility index (Phi) is 8.98. The van der Waals surface area contributed by atoms with Crippen molar-refractivity contribution in [3.05, 3.63) is 76.6 Å². The minimum atomic E-state index is -1.12. The number of hydrogen-bond acceptors (Lipinski definition) is 8. The van der Waals surface area contributed by atoms with E-state index in [1.54, 1.807) is 12.1 Å². The van der Waals surface area contributed by atoms with Crippen LogP contribution in [0.1, 0.15) is 48.2 Å². The number of aromatic hydroxyl groups is 2. The van der Waals surface area contributed by atoms with Crippen LogP contribution in [0.2, 0.25) is 0 Å². The average molecular weight is 615 g/mol. The molecule has 0 bridgehead atoms. The first-order valence-corrected chi connectivity index (χ1v) is 14.7. The highest BCUT2D eigenvalue weighted by molar-refractivity contribution is 6.08. The Morgan fingerprint density at radius 2 is 1.71 bits per heavy atom. The Bertz CT molecular complexity index is 1920. The zero-order valence-corrected chi connectivity index (χ0v) is 25.6. The molecule has 0 saturated carbocycles. The number of aryl methyl sites for hydroxylation is 2. The van der Waals surface area contributed by atoms with Crippen molar-refractivity contribution in [1.29, 1.82) is 0 Å². The lowest BCUT2D eigenvalue weighted by Crippen LogP contribution is -2.76. The van der Waals surface area contributed by atoms with E-state index in [2.05, 4.69) is 10.3 Å². The maximum absolute atomic E-state index is 12.7. The highest BCUT2D eigenvalue weighted by Gasteiger charge is 2.24. The number of nitrogens with one attached hydrogen (secondary N) is 2. The van der Waals surface area contributed by atoms with Gasteiger partial charge < -0.3 is 34.6 Å². The van der Waals surface area contributed by atoms with Crippen molar-refractivity contribution in [3.63, 3.8) is 0 Å². The van der Waals surface area contributed by atoms with E-state index in [-0.39, 0.29) is 25.0 Å². The molecule has 1 aliphatic heterocycles. The van der Waals surface area contributed by atoms with Crippen LogP contribution in [0, 0.1) is 13.8 Å². The maximum atomic E-state index is 12.7. The molecule has 1 aromatic heterocycles. The molecule has 11 nitrogen and oxygen atoms in total. The minimum absolute atomic E-state index is 0.0566. The minimum Gasteiger partial charge on any atom is -0.494 e. The lowest BCUT2D eigenvalue weighted by Gasteiger charge is -2.19. The number of aromatic carboxylic acids is 1. The van der Waals surface area contributed by atoms with Gasteiger partial charge in [-0.25, -0.2) is 14.6 Å². The first-order valence-electron chi connectivity index (χ1n) is 14.7. The van der Waals surface area contributed by atoms with Crippen LogP contribution in [0.15, 0.2) is 59.0 Å². The molecule has 0 unspecified atom stereocenters. The Morgan fingerprint density at radius 1 is 0.956 bits per heavy atom. The van der Waals surface area contributed by atoms with E-state index in [4.69, 9.17) is 14.0 Å². The van der Waals surface area contributed by atoms with Crippen LogP contribution in [0.4, 0.5) is 5.69 Å². The number of anilines is 1. The second-order valence-corrected chi connectivity index (χ2v) is 10.6. The Hall–Kier alpha value is -5.45. The molecule has 0 saturated heterocycles. The van der Waals surface area contributed by atoms with Crippen molar-refractivity contribution < 1.29 is 43.9 Å². The number of carboxylic acids is 1. The molecule has 2 aromatic carbocycles. The fraction of sp³-hybridized carbons (Fsp3) is 0.265. The Balaban J connectivity index is 1.50. The fourth-order valence-electron chi connectivity index (χ4n) is 5.31. The first-order chi connectivity index (χ1) is 21.6. The van der Waals surface area contributed by atoms with Gasteiger partial charge >= 0.3 is 11.9 Å². The van der Waals surface area contributed by atoms with Gasteiger partial charge in [0, 0.05) is 52.5 Å². The molecule has 0 atom stereocenters. The largest absolute Gasteiger partial charge is 0.494 e. The third-order valence-electron chi connectivity index (χ3n) is 7.42. The number of carbonyl (C=O) groups is 2. The van der Waals surface area contributed by atoms with Gasteiger partial charge in [-0.2, -0.15) is 0 Å². The van der Waals surface area contributed by atoms with Gasteiger partial charge in [0.25, 0.3) is 0 Å². The molecule has 3 aromatic rings. The second kappa shape index (κ2) is 13.0. The van der Waals surface area contributed by atoms with Gasteiger partial charge in [0.05, 0.1) is 24.7 Å². The molecule has 0 amide bonds. The van der Waals surface area contributed by atoms with Gasteiger partial charge in [-0.1, -0.05) is 0 Å². The fourth-order valence-corrected chi connectivity index (χ4v) is 5.31. The highest BCUT2D eigenvalue weighted by Crippen LogP contribution is 2.43. The quantitative estimate of drug-likeness (QED) is 0.110. The van der Waals surface area contributed by atoms with Crippen molar-refractivity contribution in [2.24, 2.45) is 0 Å². The molecule has 2 aliphatic rings. The van der Waals surface area contributed by atoms with Crippen LogP contribution >= 0.6 is 0 Å². The van der Waals surface area contributed by atoms with Crippen LogP contribution in [-0.2, 0) is 4.79 Å². The Labute approximate surface area is 259 Å². The molecular weight excluding hydrogens is 578 g/mol. The number of nitrogens with zero attached hydrogens (tertiary/aromatic N) is 1. The zero-order valence-electron chi connectivity index (χ0n) is 25.6. The number of ether oxygens (including phenoxy) is 1. The summed E-state index contributed by atoms with van der Waals surface area (Å²) < 4.78 is 12.9. The summed E-state index contributed by atoms with van der Waals surface area (Å²) in [6.07, 6.45) is 0.191. The topological polar surface area (TPSA) is 157 Å². The lowest BCUT2D eigenvalue weighted by molar-refractivity contribution is -0.496. The molecule has 0 spiro atoms. The van der Waals surface area contributed by atoms with E-state index < -0.39 is 23.7 Å². The summed E-state index contributed by atoms with van der Waals surface area (Å²) in [7, 11) is 0. The molecule has 11 heteroatoms. The normalized spacial score (nSPS) is 11.7. The van der Waals surface area contributed by atoms with Crippen LogP contribution in [0.3, 0.4) is 0 Å². The smallest absolute Gasteiger partial charge is 0.336 e. The van der Waals surface area contributed by atoms with Crippen molar-refractivity contribution in [1.82, 2.24) is 4.73 Å².